The summed E-state index contributed by atoms with van der Waals surface area (Å²) in [5, 5.41) is 28.4. The van der Waals surface area contributed by atoms with Gasteiger partial charge in [-0.2, -0.15) is 0 Å². The molecule has 1 atom stereocenters. The zero-order valence-electron chi connectivity index (χ0n) is 15.1. The Kier molecular flexibility index (Phi) is 8.12. The third kappa shape index (κ3) is 5.55. The molecule has 7 heteroatoms. The monoisotopic (exact) mass is 489 g/mol. The fourth-order valence-corrected chi connectivity index (χ4v) is 4.27. The van der Waals surface area contributed by atoms with Crippen LogP contribution in [0.2, 0.25) is 0 Å². The number of guanidine groups is 1. The van der Waals surface area contributed by atoms with E-state index in [1.165, 1.54) is 4.70 Å². The van der Waals surface area contributed by atoms with Gasteiger partial charge >= 0.3 is 0 Å². The summed E-state index contributed by atoms with van der Waals surface area (Å²) < 4.78 is 1.18. The molecule has 2 aromatic rings. The molecular formula is C19H28IN3O2S. The molecular weight excluding hydrogens is 461 g/mol. The Labute approximate surface area is 175 Å². The van der Waals surface area contributed by atoms with E-state index >= 15 is 0 Å². The van der Waals surface area contributed by atoms with Crippen molar-refractivity contribution in [1.29, 1.82) is 0 Å². The first-order valence-electron chi connectivity index (χ1n) is 9.01. The van der Waals surface area contributed by atoms with E-state index < -0.39 is 11.7 Å². The normalized spacial score (nSPS) is 17.7. The van der Waals surface area contributed by atoms with Gasteiger partial charge in [-0.1, -0.05) is 31.0 Å². The summed E-state index contributed by atoms with van der Waals surface area (Å²) in [6, 6.07) is 10.2. The van der Waals surface area contributed by atoms with E-state index in [0.717, 1.165) is 42.5 Å². The zero-order chi connectivity index (χ0) is 17.7. The predicted molar refractivity (Wildman–Crippen MR) is 120 cm³/mol. The lowest BCUT2D eigenvalue weighted by Gasteiger charge is -2.21. The number of halogens is 1. The van der Waals surface area contributed by atoms with Crippen LogP contribution in [-0.2, 0) is 0 Å². The molecule has 3 rings (SSSR count). The molecule has 4 N–H and O–H groups in total. The van der Waals surface area contributed by atoms with Crippen molar-refractivity contribution in [2.75, 3.05) is 19.6 Å². The topological polar surface area (TPSA) is 76.9 Å². The van der Waals surface area contributed by atoms with E-state index in [1.54, 1.807) is 11.3 Å². The van der Waals surface area contributed by atoms with Gasteiger partial charge in [-0.15, -0.1) is 35.3 Å². The molecule has 1 fully saturated rings. The lowest BCUT2D eigenvalue weighted by molar-refractivity contribution is 0.0574. The molecule has 1 unspecified atom stereocenters. The maximum Gasteiger partial charge on any atom is 0.191 e. The van der Waals surface area contributed by atoms with Crippen LogP contribution < -0.4 is 10.6 Å². The number of hydrogen-bond donors (Lipinski definition) is 4. The minimum Gasteiger partial charge on any atom is -0.388 e. The summed E-state index contributed by atoms with van der Waals surface area (Å²) in [6.45, 7) is 3.53. The summed E-state index contributed by atoms with van der Waals surface area (Å²) in [5.74, 6) is 0.642. The molecule has 5 nitrogen and oxygen atoms in total. The molecule has 144 valence electrons. The van der Waals surface area contributed by atoms with Crippen LogP contribution in [0.5, 0.6) is 0 Å². The molecule has 1 aromatic heterocycles. The summed E-state index contributed by atoms with van der Waals surface area (Å²) in [4.78, 5) is 5.46. The highest BCUT2D eigenvalue weighted by Crippen LogP contribution is 2.30. The Morgan fingerprint density at radius 1 is 1.27 bits per heavy atom. The van der Waals surface area contributed by atoms with Crippen molar-refractivity contribution < 1.29 is 10.2 Å². The number of benzene rings is 1. The number of fused-ring (bicyclic) bond motifs is 1. The molecule has 26 heavy (non-hydrogen) atoms. The predicted octanol–water partition coefficient (Wildman–Crippen LogP) is 3.41. The van der Waals surface area contributed by atoms with Crippen molar-refractivity contribution >= 4 is 51.4 Å². The highest BCUT2D eigenvalue weighted by Gasteiger charge is 2.30. The quantitative estimate of drug-likeness (QED) is 0.285. The van der Waals surface area contributed by atoms with Gasteiger partial charge in [-0.25, -0.2) is 0 Å². The van der Waals surface area contributed by atoms with Gasteiger partial charge < -0.3 is 20.8 Å². The van der Waals surface area contributed by atoms with Gasteiger partial charge in [0.2, 0.25) is 0 Å². The van der Waals surface area contributed by atoms with Gasteiger partial charge in [0.25, 0.3) is 0 Å². The third-order valence-electron chi connectivity index (χ3n) is 4.65. The Balaban J connectivity index is 0.00000243. The molecule has 0 radical (unpaired) electrons. The second-order valence-corrected chi connectivity index (χ2v) is 7.83. The summed E-state index contributed by atoms with van der Waals surface area (Å²) in [6.07, 6.45) is 3.19. The van der Waals surface area contributed by atoms with Crippen molar-refractivity contribution in [2.45, 2.75) is 44.3 Å². The van der Waals surface area contributed by atoms with Crippen LogP contribution >= 0.6 is 35.3 Å². The molecule has 0 amide bonds. The van der Waals surface area contributed by atoms with E-state index in [9.17, 15) is 10.2 Å². The summed E-state index contributed by atoms with van der Waals surface area (Å²) >= 11 is 1.61. The van der Waals surface area contributed by atoms with Crippen molar-refractivity contribution in [2.24, 2.45) is 4.99 Å². The van der Waals surface area contributed by atoms with E-state index in [2.05, 4.69) is 27.8 Å². The molecule has 1 aliphatic carbocycles. The van der Waals surface area contributed by atoms with Crippen LogP contribution in [0.25, 0.3) is 10.1 Å². The molecule has 1 saturated carbocycles. The van der Waals surface area contributed by atoms with Crippen LogP contribution in [0, 0.1) is 0 Å². The summed E-state index contributed by atoms with van der Waals surface area (Å²) in [7, 11) is 0. The lowest BCUT2D eigenvalue weighted by Crippen LogP contribution is -2.41. The minimum absolute atomic E-state index is 0. The third-order valence-corrected chi connectivity index (χ3v) is 5.86. The number of nitrogens with one attached hydrogen (secondary N) is 2. The van der Waals surface area contributed by atoms with Gasteiger partial charge in [0.15, 0.2) is 5.96 Å². The van der Waals surface area contributed by atoms with E-state index in [4.69, 9.17) is 0 Å². The molecule has 0 saturated heterocycles. The average molecular weight is 489 g/mol. The average Bonchev–Trinajstić information content (AvgIpc) is 3.23. The fourth-order valence-electron chi connectivity index (χ4n) is 3.22. The molecule has 1 heterocycles. The van der Waals surface area contributed by atoms with E-state index in [1.807, 2.05) is 25.1 Å². The van der Waals surface area contributed by atoms with Crippen LogP contribution in [0.15, 0.2) is 35.3 Å². The number of nitrogens with zero attached hydrogens (tertiary/aromatic N) is 1. The first kappa shape index (κ1) is 21.4. The van der Waals surface area contributed by atoms with Crippen LogP contribution in [0.4, 0.5) is 0 Å². The SMILES string of the molecule is CCNC(=NCC1(O)CCCC1)NCC(O)c1cc2ccccc2s1.I. The number of thiophene rings is 1. The minimum atomic E-state index is -0.660. The van der Waals surface area contributed by atoms with Crippen LogP contribution in [0.1, 0.15) is 43.6 Å². The largest absolute Gasteiger partial charge is 0.388 e. The fraction of sp³-hybridized carbons (Fsp3) is 0.526. The smallest absolute Gasteiger partial charge is 0.191 e. The highest BCUT2D eigenvalue weighted by molar-refractivity contribution is 14.0. The van der Waals surface area contributed by atoms with E-state index in [0.29, 0.717) is 19.0 Å². The second kappa shape index (κ2) is 9.87. The van der Waals surface area contributed by atoms with Crippen molar-refractivity contribution in [3.8, 4) is 0 Å². The van der Waals surface area contributed by atoms with Gasteiger partial charge in [0, 0.05) is 22.7 Å². The second-order valence-electron chi connectivity index (χ2n) is 6.71. The van der Waals surface area contributed by atoms with Crippen LogP contribution in [0.3, 0.4) is 0 Å². The van der Waals surface area contributed by atoms with Gasteiger partial charge in [0.05, 0.1) is 12.1 Å². The van der Waals surface area contributed by atoms with Crippen LogP contribution in [-0.4, -0.2) is 41.4 Å². The van der Waals surface area contributed by atoms with Gasteiger partial charge in [-0.3, -0.25) is 4.99 Å². The number of aliphatic hydroxyl groups is 2. The Hall–Kier alpha value is -0.900. The Bertz CT molecular complexity index is 695. The number of hydrogen-bond acceptors (Lipinski definition) is 4. The highest BCUT2D eigenvalue weighted by atomic mass is 127. The molecule has 0 bridgehead atoms. The first-order valence-corrected chi connectivity index (χ1v) is 9.82. The summed E-state index contributed by atoms with van der Waals surface area (Å²) in [5.41, 5.74) is -0.660. The van der Waals surface area contributed by atoms with E-state index in [-0.39, 0.29) is 24.0 Å². The van der Waals surface area contributed by atoms with Crippen molar-refractivity contribution in [1.82, 2.24) is 10.6 Å². The Morgan fingerprint density at radius 2 is 2.00 bits per heavy atom. The Morgan fingerprint density at radius 3 is 2.69 bits per heavy atom. The van der Waals surface area contributed by atoms with Gasteiger partial charge in [-0.05, 0) is 37.3 Å². The first-order chi connectivity index (χ1) is 12.1. The molecule has 1 aliphatic rings. The molecule has 1 aromatic carbocycles. The number of aliphatic imine (C=N–C) groups is 1. The maximum atomic E-state index is 10.5. The van der Waals surface area contributed by atoms with Crippen molar-refractivity contribution in [3.63, 3.8) is 0 Å². The van der Waals surface area contributed by atoms with Crippen molar-refractivity contribution in [3.05, 3.63) is 35.2 Å². The lowest BCUT2D eigenvalue weighted by atomic mass is 10.0. The zero-order valence-corrected chi connectivity index (χ0v) is 18.2. The maximum absolute atomic E-state index is 10.5. The number of aliphatic hydroxyl groups excluding tert-OH is 1. The van der Waals surface area contributed by atoms with Gasteiger partial charge in [0.1, 0.15) is 6.10 Å². The standard InChI is InChI=1S/C19H27N3O2S.HI/c1-2-20-18(22-13-19(24)9-5-6-10-19)21-12-15(23)17-11-14-7-3-4-8-16(14)25-17;/h3-4,7-8,11,15,23-24H,2,5-6,9-10,12-13H2,1H3,(H2,20,21,22);1H. The molecule has 0 spiro atoms. The number of rotatable bonds is 6. The molecule has 0 aliphatic heterocycles.